The minimum absolute atomic E-state index is 0.00567. The third kappa shape index (κ3) is 1.79. The lowest BCUT2D eigenvalue weighted by atomic mass is 9.89. The smallest absolute Gasteiger partial charge is 0.202 e. The van der Waals surface area contributed by atoms with Crippen LogP contribution in [0.4, 0.5) is 5.13 Å². The molecule has 0 unspecified atom stereocenters. The van der Waals surface area contributed by atoms with Crippen LogP contribution in [0.15, 0.2) is 6.33 Å². The first-order chi connectivity index (χ1) is 6.35. The maximum atomic E-state index is 8.90. The molecule has 1 saturated heterocycles. The van der Waals surface area contributed by atoms with Gasteiger partial charge in [0.15, 0.2) is 0 Å². The molecule has 2 heterocycles. The number of rotatable bonds is 4. The Morgan fingerprint density at radius 3 is 3.00 bits per heavy atom. The Morgan fingerprint density at radius 2 is 2.54 bits per heavy atom. The van der Waals surface area contributed by atoms with Crippen LogP contribution in [0.25, 0.3) is 0 Å². The monoisotopic (exact) mass is 200 g/mol. The number of hydrogen-bond acceptors (Lipinski definition) is 6. The highest BCUT2D eigenvalue weighted by Crippen LogP contribution is 2.22. The van der Waals surface area contributed by atoms with Crippen molar-refractivity contribution in [3.8, 4) is 0 Å². The third-order valence-corrected chi connectivity index (χ3v) is 2.83. The molecule has 2 rings (SSSR count). The van der Waals surface area contributed by atoms with Crippen LogP contribution in [0.1, 0.15) is 6.42 Å². The third-order valence-electron chi connectivity index (χ3n) is 2.25. The van der Waals surface area contributed by atoms with Crippen molar-refractivity contribution in [3.63, 3.8) is 0 Å². The molecule has 3 N–H and O–H groups in total. The summed E-state index contributed by atoms with van der Waals surface area (Å²) in [6, 6.07) is 0. The number of anilines is 1. The van der Waals surface area contributed by atoms with Crippen molar-refractivity contribution < 1.29 is 5.11 Å². The summed E-state index contributed by atoms with van der Waals surface area (Å²) in [7, 11) is 0. The van der Waals surface area contributed by atoms with Crippen LogP contribution < -0.4 is 10.6 Å². The van der Waals surface area contributed by atoms with Gasteiger partial charge in [0, 0.05) is 31.2 Å². The fourth-order valence-electron chi connectivity index (χ4n) is 1.42. The molecule has 1 aromatic heterocycles. The standard InChI is InChI=1S/C7H12N4OS/c12-2-1-7(3-8-4-7)11-6-9-5-10-13-6/h5,8,12H,1-4H2,(H,9,10,11). The molecule has 0 aromatic carbocycles. The molecule has 0 spiro atoms. The lowest BCUT2D eigenvalue weighted by Gasteiger charge is -2.42. The van der Waals surface area contributed by atoms with Gasteiger partial charge < -0.3 is 15.7 Å². The normalized spacial score (nSPS) is 19.5. The largest absolute Gasteiger partial charge is 0.396 e. The van der Waals surface area contributed by atoms with E-state index in [4.69, 9.17) is 5.11 Å². The zero-order chi connectivity index (χ0) is 9.15. The lowest BCUT2D eigenvalue weighted by molar-refractivity contribution is 0.207. The molecule has 1 aliphatic heterocycles. The fourth-order valence-corrected chi connectivity index (χ4v) is 1.97. The van der Waals surface area contributed by atoms with Crippen molar-refractivity contribution in [2.45, 2.75) is 12.0 Å². The highest BCUT2D eigenvalue weighted by atomic mass is 32.1. The van der Waals surface area contributed by atoms with Crippen molar-refractivity contribution >= 4 is 16.7 Å². The van der Waals surface area contributed by atoms with Gasteiger partial charge in [-0.2, -0.15) is 4.37 Å². The van der Waals surface area contributed by atoms with E-state index >= 15 is 0 Å². The second-order valence-electron chi connectivity index (χ2n) is 3.23. The van der Waals surface area contributed by atoms with E-state index in [0.29, 0.717) is 0 Å². The van der Waals surface area contributed by atoms with Crippen LogP contribution in [0, 0.1) is 0 Å². The number of hydrogen-bond donors (Lipinski definition) is 3. The molecule has 0 saturated carbocycles. The summed E-state index contributed by atoms with van der Waals surface area (Å²) < 4.78 is 3.91. The average molecular weight is 200 g/mol. The molecule has 0 radical (unpaired) electrons. The number of nitrogens with zero attached hydrogens (tertiary/aromatic N) is 2. The van der Waals surface area contributed by atoms with Crippen molar-refractivity contribution in [2.75, 3.05) is 25.0 Å². The molecular weight excluding hydrogens is 188 g/mol. The van der Waals surface area contributed by atoms with Gasteiger partial charge in [0.25, 0.3) is 0 Å². The van der Waals surface area contributed by atoms with Crippen molar-refractivity contribution in [1.82, 2.24) is 14.7 Å². The van der Waals surface area contributed by atoms with E-state index in [9.17, 15) is 0 Å². The van der Waals surface area contributed by atoms with Gasteiger partial charge in [-0.3, -0.25) is 0 Å². The van der Waals surface area contributed by atoms with Gasteiger partial charge in [-0.1, -0.05) is 0 Å². The maximum Gasteiger partial charge on any atom is 0.202 e. The highest BCUT2D eigenvalue weighted by molar-refractivity contribution is 7.09. The van der Waals surface area contributed by atoms with Crippen LogP contribution in [-0.2, 0) is 0 Å². The van der Waals surface area contributed by atoms with Gasteiger partial charge >= 0.3 is 0 Å². The van der Waals surface area contributed by atoms with E-state index in [1.54, 1.807) is 0 Å². The number of aliphatic hydroxyl groups excluding tert-OH is 1. The molecule has 6 heteroatoms. The summed E-state index contributed by atoms with van der Waals surface area (Å²) in [6.07, 6.45) is 2.28. The zero-order valence-corrected chi connectivity index (χ0v) is 7.97. The van der Waals surface area contributed by atoms with E-state index in [-0.39, 0.29) is 12.1 Å². The first-order valence-corrected chi connectivity index (χ1v) is 4.98. The predicted octanol–water partition coefficient (Wildman–Crippen LogP) is -0.326. The van der Waals surface area contributed by atoms with Crippen LogP contribution in [0.2, 0.25) is 0 Å². The predicted molar refractivity (Wildman–Crippen MR) is 50.8 cm³/mol. The van der Waals surface area contributed by atoms with Crippen molar-refractivity contribution in [3.05, 3.63) is 6.33 Å². The fraction of sp³-hybridized carbons (Fsp3) is 0.714. The van der Waals surface area contributed by atoms with Gasteiger partial charge in [-0.25, -0.2) is 4.98 Å². The van der Waals surface area contributed by atoms with E-state index in [1.807, 2.05) is 0 Å². The molecule has 0 atom stereocenters. The molecule has 13 heavy (non-hydrogen) atoms. The van der Waals surface area contributed by atoms with Crippen LogP contribution in [0.5, 0.6) is 0 Å². The summed E-state index contributed by atoms with van der Waals surface area (Å²) in [5.41, 5.74) is -0.00567. The summed E-state index contributed by atoms with van der Waals surface area (Å²) in [4.78, 5) is 4.05. The Labute approximate surface area is 80.4 Å². The zero-order valence-electron chi connectivity index (χ0n) is 7.16. The van der Waals surface area contributed by atoms with Crippen LogP contribution >= 0.6 is 11.5 Å². The van der Waals surface area contributed by atoms with E-state index in [1.165, 1.54) is 17.9 Å². The first-order valence-electron chi connectivity index (χ1n) is 4.21. The topological polar surface area (TPSA) is 70.1 Å². The van der Waals surface area contributed by atoms with Crippen LogP contribution in [0.3, 0.4) is 0 Å². The second-order valence-corrected chi connectivity index (χ2v) is 4.01. The summed E-state index contributed by atoms with van der Waals surface area (Å²) in [6.45, 7) is 1.97. The second kappa shape index (κ2) is 3.57. The minimum Gasteiger partial charge on any atom is -0.396 e. The molecule has 1 aromatic rings. The molecule has 0 amide bonds. The number of nitrogens with one attached hydrogen (secondary N) is 2. The summed E-state index contributed by atoms with van der Waals surface area (Å²) >= 11 is 1.34. The molecule has 5 nitrogen and oxygen atoms in total. The number of aromatic nitrogens is 2. The quantitative estimate of drug-likeness (QED) is 0.621. The Morgan fingerprint density at radius 1 is 1.69 bits per heavy atom. The summed E-state index contributed by atoms with van der Waals surface area (Å²) in [5.74, 6) is 0. The molecular formula is C7H12N4OS. The van der Waals surface area contributed by atoms with Crippen molar-refractivity contribution in [1.29, 1.82) is 0 Å². The number of aliphatic hydroxyl groups is 1. The van der Waals surface area contributed by atoms with Gasteiger partial charge in [0.2, 0.25) is 5.13 Å². The summed E-state index contributed by atoms with van der Waals surface area (Å²) in [5, 5.41) is 16.2. The van der Waals surface area contributed by atoms with E-state index < -0.39 is 0 Å². The molecule has 0 aliphatic carbocycles. The molecule has 72 valence electrons. The highest BCUT2D eigenvalue weighted by Gasteiger charge is 2.36. The SMILES string of the molecule is OCCC1(Nc2ncns2)CNC1. The molecule has 1 aliphatic rings. The molecule has 0 bridgehead atoms. The van der Waals surface area contributed by atoms with Gasteiger partial charge in [0.1, 0.15) is 6.33 Å². The Balaban J connectivity index is 1.98. The average Bonchev–Trinajstić information content (AvgIpc) is 2.53. The van der Waals surface area contributed by atoms with Crippen molar-refractivity contribution in [2.24, 2.45) is 0 Å². The van der Waals surface area contributed by atoms with E-state index in [0.717, 1.165) is 24.6 Å². The van der Waals surface area contributed by atoms with Crippen LogP contribution in [-0.4, -0.2) is 39.7 Å². The Kier molecular flexibility index (Phi) is 2.43. The van der Waals surface area contributed by atoms with Gasteiger partial charge in [0.05, 0.1) is 5.54 Å². The molecule has 1 fully saturated rings. The minimum atomic E-state index is -0.00567. The van der Waals surface area contributed by atoms with E-state index in [2.05, 4.69) is 20.0 Å². The van der Waals surface area contributed by atoms with Gasteiger partial charge in [-0.15, -0.1) is 0 Å². The van der Waals surface area contributed by atoms with Gasteiger partial charge in [-0.05, 0) is 6.42 Å². The lowest BCUT2D eigenvalue weighted by Crippen LogP contribution is -2.64. The maximum absolute atomic E-state index is 8.90. The Hall–Kier alpha value is -0.720. The Bertz CT molecular complexity index is 259. The first kappa shape index (κ1) is 8.86.